The van der Waals surface area contributed by atoms with Gasteiger partial charge < -0.3 is 10.1 Å². The molecule has 1 fully saturated rings. The zero-order valence-corrected chi connectivity index (χ0v) is 23.8. The van der Waals surface area contributed by atoms with Crippen molar-refractivity contribution in [1.82, 2.24) is 10.2 Å². The number of amides is 1. The van der Waals surface area contributed by atoms with Crippen LogP contribution in [0.3, 0.4) is 0 Å². The van der Waals surface area contributed by atoms with Gasteiger partial charge in [-0.25, -0.2) is 13.2 Å². The Morgan fingerprint density at radius 3 is 2.30 bits per heavy atom. The Morgan fingerprint density at radius 2 is 1.68 bits per heavy atom. The Labute approximate surface area is 229 Å². The molecule has 1 aromatic heterocycles. The maximum atomic E-state index is 13.3. The summed E-state index contributed by atoms with van der Waals surface area (Å²) in [5.74, 6) is -0.857. The molecule has 196 valence electrons. The van der Waals surface area contributed by atoms with E-state index in [1.165, 1.54) is 62.9 Å². The molecule has 0 aliphatic carbocycles. The number of nitrogens with zero attached hydrogens (tertiary/aromatic N) is 2. The van der Waals surface area contributed by atoms with Crippen LogP contribution in [0.15, 0.2) is 63.3 Å². The van der Waals surface area contributed by atoms with Crippen molar-refractivity contribution in [3.63, 3.8) is 0 Å². The SMILES string of the molecule is COC(=O)c1ccc(N(C)S(=O)(=O)c2cc(C(=O)NCc3ccc(CN4CCCC4)cc3)sc2Br)cc1. The molecule has 0 spiro atoms. The summed E-state index contributed by atoms with van der Waals surface area (Å²) in [6, 6.07) is 15.6. The highest BCUT2D eigenvalue weighted by Gasteiger charge is 2.28. The summed E-state index contributed by atoms with van der Waals surface area (Å²) in [6.07, 6.45) is 2.51. The number of likely N-dealkylation sites (tertiary alicyclic amines) is 1. The standard InChI is InChI=1S/C26H28BrN3O5S2/c1-29(21-11-9-20(10-12-21)26(32)35-2)37(33,34)23-15-22(36-24(23)27)25(31)28-16-18-5-7-19(8-6-18)17-30-13-3-4-14-30/h5-12,15H,3-4,13-14,16-17H2,1-2H3,(H,28,31). The maximum Gasteiger partial charge on any atom is 0.337 e. The highest BCUT2D eigenvalue weighted by molar-refractivity contribution is 9.11. The zero-order chi connectivity index (χ0) is 26.6. The number of ether oxygens (including phenoxy) is 1. The molecule has 8 nitrogen and oxygen atoms in total. The minimum absolute atomic E-state index is 0.00606. The molecule has 0 bridgehead atoms. The third-order valence-electron chi connectivity index (χ3n) is 6.25. The molecule has 0 radical (unpaired) electrons. The van der Waals surface area contributed by atoms with E-state index in [2.05, 4.69) is 43.0 Å². The number of halogens is 1. The summed E-state index contributed by atoms with van der Waals surface area (Å²) < 4.78 is 32.7. The molecule has 11 heteroatoms. The highest BCUT2D eigenvalue weighted by Crippen LogP contribution is 2.34. The van der Waals surface area contributed by atoms with Crippen molar-refractivity contribution in [2.75, 3.05) is 31.6 Å². The van der Waals surface area contributed by atoms with Crippen LogP contribution in [0.25, 0.3) is 0 Å². The van der Waals surface area contributed by atoms with Crippen molar-refractivity contribution in [2.24, 2.45) is 0 Å². The number of carbonyl (C=O) groups excluding carboxylic acids is 2. The molecule has 0 atom stereocenters. The number of hydrogen-bond acceptors (Lipinski definition) is 7. The summed E-state index contributed by atoms with van der Waals surface area (Å²) in [6.45, 7) is 3.57. The van der Waals surface area contributed by atoms with Crippen molar-refractivity contribution in [2.45, 2.75) is 30.8 Å². The predicted octanol–water partition coefficient (Wildman–Crippen LogP) is 4.65. The molecule has 1 saturated heterocycles. The van der Waals surface area contributed by atoms with Gasteiger partial charge in [0.1, 0.15) is 4.90 Å². The average molecular weight is 607 g/mol. The Kier molecular flexibility index (Phi) is 8.68. The average Bonchev–Trinajstić information content (AvgIpc) is 3.57. The van der Waals surface area contributed by atoms with E-state index in [9.17, 15) is 18.0 Å². The number of benzene rings is 2. The Bertz CT molecular complexity index is 1370. The zero-order valence-electron chi connectivity index (χ0n) is 20.6. The molecule has 1 N–H and O–H groups in total. The van der Waals surface area contributed by atoms with E-state index in [-0.39, 0.29) is 15.7 Å². The number of nitrogens with one attached hydrogen (secondary N) is 1. The number of hydrogen-bond donors (Lipinski definition) is 1. The fourth-order valence-corrected chi connectivity index (χ4v) is 7.71. The Balaban J connectivity index is 1.40. The van der Waals surface area contributed by atoms with E-state index in [4.69, 9.17) is 0 Å². The van der Waals surface area contributed by atoms with Crippen molar-refractivity contribution in [3.05, 3.63) is 80.0 Å². The van der Waals surface area contributed by atoms with Gasteiger partial charge in [0, 0.05) is 20.1 Å². The summed E-state index contributed by atoms with van der Waals surface area (Å²) in [4.78, 5) is 27.2. The molecule has 2 aromatic carbocycles. The lowest BCUT2D eigenvalue weighted by atomic mass is 10.1. The molecule has 0 saturated carbocycles. The van der Waals surface area contributed by atoms with Crippen LogP contribution in [0.5, 0.6) is 0 Å². The Hall–Kier alpha value is -2.73. The van der Waals surface area contributed by atoms with Crippen LogP contribution >= 0.6 is 27.3 Å². The van der Waals surface area contributed by atoms with Gasteiger partial charge in [-0.05, 0) is 83.3 Å². The molecule has 1 aliphatic heterocycles. The lowest BCUT2D eigenvalue weighted by molar-refractivity contribution is 0.0600. The summed E-state index contributed by atoms with van der Waals surface area (Å²) in [5.41, 5.74) is 2.90. The quantitative estimate of drug-likeness (QED) is 0.357. The first kappa shape index (κ1) is 27.3. The van der Waals surface area contributed by atoms with E-state index >= 15 is 0 Å². The fraction of sp³-hybridized carbons (Fsp3) is 0.308. The third-order valence-corrected chi connectivity index (χ3v) is 10.3. The number of methoxy groups -OCH3 is 1. The van der Waals surface area contributed by atoms with Crippen LogP contribution in [0.4, 0.5) is 5.69 Å². The van der Waals surface area contributed by atoms with Crippen molar-refractivity contribution >= 4 is 54.9 Å². The Morgan fingerprint density at radius 1 is 1.05 bits per heavy atom. The van der Waals surface area contributed by atoms with Crippen LogP contribution in [-0.2, 0) is 27.8 Å². The smallest absolute Gasteiger partial charge is 0.337 e. The van der Waals surface area contributed by atoms with Crippen LogP contribution in [0.2, 0.25) is 0 Å². The summed E-state index contributed by atoms with van der Waals surface area (Å²) in [5, 5.41) is 2.87. The first-order valence-electron chi connectivity index (χ1n) is 11.7. The second-order valence-electron chi connectivity index (χ2n) is 8.74. The van der Waals surface area contributed by atoms with E-state index in [1.54, 1.807) is 0 Å². The normalized spacial score (nSPS) is 13.9. The lowest BCUT2D eigenvalue weighted by Gasteiger charge is -2.19. The molecule has 2 heterocycles. The van der Waals surface area contributed by atoms with Gasteiger partial charge in [-0.3, -0.25) is 14.0 Å². The molecular formula is C26H28BrN3O5S2. The number of sulfonamides is 1. The predicted molar refractivity (Wildman–Crippen MR) is 148 cm³/mol. The molecule has 0 unspecified atom stereocenters. The van der Waals surface area contributed by atoms with Gasteiger partial charge in [0.05, 0.1) is 27.0 Å². The molecule has 37 heavy (non-hydrogen) atoms. The first-order valence-corrected chi connectivity index (χ1v) is 14.8. The minimum Gasteiger partial charge on any atom is -0.465 e. The molecule has 1 aliphatic rings. The maximum absolute atomic E-state index is 13.3. The van der Waals surface area contributed by atoms with E-state index in [1.807, 2.05) is 12.1 Å². The molecule has 3 aromatic rings. The molecular weight excluding hydrogens is 578 g/mol. The van der Waals surface area contributed by atoms with Crippen molar-refractivity contribution < 1.29 is 22.7 Å². The summed E-state index contributed by atoms with van der Waals surface area (Å²) >= 11 is 4.37. The molecule has 1 amide bonds. The van der Waals surface area contributed by atoms with Gasteiger partial charge in [-0.2, -0.15) is 0 Å². The number of rotatable bonds is 9. The topological polar surface area (TPSA) is 96.0 Å². The van der Waals surface area contributed by atoms with Gasteiger partial charge >= 0.3 is 5.97 Å². The highest BCUT2D eigenvalue weighted by atomic mass is 79.9. The number of carbonyl (C=O) groups is 2. The summed E-state index contributed by atoms with van der Waals surface area (Å²) in [7, 11) is -1.26. The van der Waals surface area contributed by atoms with Gasteiger partial charge in [0.15, 0.2) is 0 Å². The third kappa shape index (κ3) is 6.40. The number of esters is 1. The van der Waals surface area contributed by atoms with Crippen LogP contribution in [0, 0.1) is 0 Å². The van der Waals surface area contributed by atoms with Crippen molar-refractivity contribution in [1.29, 1.82) is 0 Å². The monoisotopic (exact) mass is 605 g/mol. The number of anilines is 1. The fourth-order valence-electron chi connectivity index (χ4n) is 4.08. The van der Waals surface area contributed by atoms with Crippen LogP contribution < -0.4 is 9.62 Å². The number of thiophene rings is 1. The second-order valence-corrected chi connectivity index (χ2v) is 13.0. The molecule has 4 rings (SSSR count). The minimum atomic E-state index is -3.96. The van der Waals surface area contributed by atoms with Gasteiger partial charge in [-0.15, -0.1) is 11.3 Å². The second kappa shape index (κ2) is 11.8. The van der Waals surface area contributed by atoms with E-state index < -0.39 is 16.0 Å². The largest absolute Gasteiger partial charge is 0.465 e. The van der Waals surface area contributed by atoms with E-state index in [0.29, 0.717) is 21.6 Å². The first-order chi connectivity index (χ1) is 17.7. The van der Waals surface area contributed by atoms with Gasteiger partial charge in [0.25, 0.3) is 15.9 Å². The van der Waals surface area contributed by atoms with Gasteiger partial charge in [0.2, 0.25) is 0 Å². The van der Waals surface area contributed by atoms with Crippen molar-refractivity contribution in [3.8, 4) is 0 Å². The van der Waals surface area contributed by atoms with Crippen LogP contribution in [-0.4, -0.2) is 52.4 Å². The van der Waals surface area contributed by atoms with Gasteiger partial charge in [-0.1, -0.05) is 24.3 Å². The van der Waals surface area contributed by atoms with Crippen LogP contribution in [0.1, 0.15) is 44.0 Å². The van der Waals surface area contributed by atoms with E-state index in [0.717, 1.165) is 40.8 Å². The lowest BCUT2D eigenvalue weighted by Crippen LogP contribution is -2.26.